The molecule has 9 nitrogen and oxygen atoms in total. The molecule has 0 aromatic heterocycles. The van der Waals surface area contributed by atoms with E-state index in [0.29, 0.717) is 17.0 Å². The molecule has 38 heavy (non-hydrogen) atoms. The maximum Gasteiger partial charge on any atom is 0.242 e. The van der Waals surface area contributed by atoms with Crippen LogP contribution in [0, 0.1) is 17.7 Å². The highest BCUT2D eigenvalue weighted by Crippen LogP contribution is 2.33. The van der Waals surface area contributed by atoms with Gasteiger partial charge in [0.1, 0.15) is 17.7 Å². The Morgan fingerprint density at radius 3 is 2.55 bits per heavy atom. The minimum atomic E-state index is -3.94. The number of carbonyl (C=O) groups is 2. The number of halogens is 1. The van der Waals surface area contributed by atoms with E-state index in [4.69, 9.17) is 4.74 Å². The maximum absolute atomic E-state index is 13.4. The van der Waals surface area contributed by atoms with Crippen LogP contribution in [0.15, 0.2) is 47.4 Å². The number of hydrogen-bond acceptors (Lipinski definition) is 6. The van der Waals surface area contributed by atoms with E-state index in [1.54, 1.807) is 30.0 Å². The van der Waals surface area contributed by atoms with E-state index in [2.05, 4.69) is 5.32 Å². The zero-order chi connectivity index (χ0) is 27.6. The van der Waals surface area contributed by atoms with Gasteiger partial charge in [-0.3, -0.25) is 9.59 Å². The fourth-order valence-corrected chi connectivity index (χ4v) is 5.64. The number of nitrogens with zero attached hydrogens (tertiary/aromatic N) is 2. The lowest BCUT2D eigenvalue weighted by Crippen LogP contribution is -2.48. The third kappa shape index (κ3) is 6.33. The molecule has 2 amide bonds. The van der Waals surface area contributed by atoms with E-state index in [-0.39, 0.29) is 54.7 Å². The number of aliphatic hydroxyl groups excluding tert-OH is 1. The Labute approximate surface area is 222 Å². The highest BCUT2D eigenvalue weighted by Gasteiger charge is 2.34. The molecule has 0 saturated heterocycles. The van der Waals surface area contributed by atoms with Gasteiger partial charge in [0, 0.05) is 36.7 Å². The summed E-state index contributed by atoms with van der Waals surface area (Å²) in [4.78, 5) is 27.1. The van der Waals surface area contributed by atoms with Gasteiger partial charge < -0.3 is 20.1 Å². The SMILES string of the molecule is C[C@H](CO)N1C[C@H](C)[C@H](CN(C)S(=O)(=O)c2ccc(F)cc2)Oc2ccc(NC(=O)C3CC3)cc2CC1=O. The number of likely N-dealkylation sites (N-methyl/N-ethyl adjacent to an activating group) is 1. The van der Waals surface area contributed by atoms with Crippen LogP contribution >= 0.6 is 0 Å². The molecule has 1 fully saturated rings. The van der Waals surface area contributed by atoms with Crippen LogP contribution in [0.1, 0.15) is 32.3 Å². The number of benzene rings is 2. The molecule has 11 heteroatoms. The number of amides is 2. The third-order valence-electron chi connectivity index (χ3n) is 7.09. The van der Waals surface area contributed by atoms with Crippen LogP contribution in [-0.4, -0.2) is 73.4 Å². The Hall–Kier alpha value is -3.02. The lowest BCUT2D eigenvalue weighted by Gasteiger charge is -2.33. The van der Waals surface area contributed by atoms with Crippen molar-refractivity contribution in [2.75, 3.05) is 32.1 Å². The smallest absolute Gasteiger partial charge is 0.242 e. The number of ether oxygens (including phenoxy) is 1. The number of nitrogens with one attached hydrogen (secondary N) is 1. The number of aliphatic hydroxyl groups is 1. The van der Waals surface area contributed by atoms with Gasteiger partial charge in [-0.05, 0) is 62.2 Å². The van der Waals surface area contributed by atoms with Crippen molar-refractivity contribution in [1.29, 1.82) is 0 Å². The molecule has 0 spiro atoms. The summed E-state index contributed by atoms with van der Waals surface area (Å²) >= 11 is 0. The summed E-state index contributed by atoms with van der Waals surface area (Å²) in [6.07, 6.45) is 1.07. The zero-order valence-corrected chi connectivity index (χ0v) is 22.6. The standard InChI is InChI=1S/C27H34FN3O6S/c1-17-14-31(18(2)16-32)26(33)13-20-12-22(29-27(34)19-4-5-19)8-11-24(20)37-25(17)15-30(3)38(35,36)23-9-6-21(28)7-10-23/h6-12,17-19,25,32H,4-5,13-16H2,1-3H3,(H,29,34)/t17-,18+,25-/m0/s1. The van der Waals surface area contributed by atoms with Gasteiger partial charge in [0.05, 0.1) is 30.5 Å². The molecule has 4 rings (SSSR count). The number of anilines is 1. The Bertz CT molecular complexity index is 1280. The molecule has 0 unspecified atom stereocenters. The van der Waals surface area contributed by atoms with Crippen molar-refractivity contribution in [1.82, 2.24) is 9.21 Å². The molecule has 1 heterocycles. The number of hydrogen-bond donors (Lipinski definition) is 2. The summed E-state index contributed by atoms with van der Waals surface area (Å²) < 4.78 is 47.2. The summed E-state index contributed by atoms with van der Waals surface area (Å²) in [6, 6.07) is 9.26. The molecular weight excluding hydrogens is 513 g/mol. The summed E-state index contributed by atoms with van der Waals surface area (Å²) in [5, 5.41) is 12.7. The van der Waals surface area contributed by atoms with Gasteiger partial charge in [0.25, 0.3) is 0 Å². The van der Waals surface area contributed by atoms with Crippen molar-refractivity contribution in [2.24, 2.45) is 11.8 Å². The van der Waals surface area contributed by atoms with Crippen LogP contribution in [0.5, 0.6) is 5.75 Å². The molecule has 1 saturated carbocycles. The van der Waals surface area contributed by atoms with Crippen molar-refractivity contribution in [3.8, 4) is 5.75 Å². The first-order valence-electron chi connectivity index (χ1n) is 12.7. The molecule has 0 bridgehead atoms. The molecular formula is C27H34FN3O6S. The molecule has 2 N–H and O–H groups in total. The predicted molar refractivity (Wildman–Crippen MR) is 140 cm³/mol. The van der Waals surface area contributed by atoms with Crippen molar-refractivity contribution in [3.63, 3.8) is 0 Å². The van der Waals surface area contributed by atoms with Crippen LogP contribution in [-0.2, 0) is 26.0 Å². The molecule has 2 aromatic rings. The summed E-state index contributed by atoms with van der Waals surface area (Å²) in [6.45, 7) is 3.59. The first-order chi connectivity index (χ1) is 18.0. The van der Waals surface area contributed by atoms with Crippen LogP contribution in [0.2, 0.25) is 0 Å². The summed E-state index contributed by atoms with van der Waals surface area (Å²) in [5.41, 5.74) is 1.11. The Morgan fingerprint density at radius 1 is 1.24 bits per heavy atom. The van der Waals surface area contributed by atoms with Crippen molar-refractivity contribution >= 4 is 27.5 Å². The van der Waals surface area contributed by atoms with E-state index in [1.165, 1.54) is 19.2 Å². The van der Waals surface area contributed by atoms with Gasteiger partial charge in [-0.25, -0.2) is 12.8 Å². The molecule has 1 aliphatic heterocycles. The van der Waals surface area contributed by atoms with Crippen LogP contribution in [0.3, 0.4) is 0 Å². The fourth-order valence-electron chi connectivity index (χ4n) is 4.45. The Kier molecular flexibility index (Phi) is 8.39. The quantitative estimate of drug-likeness (QED) is 0.525. The normalized spacial score (nSPS) is 21.1. The number of carbonyl (C=O) groups excluding carboxylic acids is 2. The minimum Gasteiger partial charge on any atom is -0.488 e. The molecule has 1 aliphatic carbocycles. The molecule has 3 atom stereocenters. The van der Waals surface area contributed by atoms with Gasteiger partial charge >= 0.3 is 0 Å². The molecule has 2 aliphatic rings. The zero-order valence-electron chi connectivity index (χ0n) is 21.8. The van der Waals surface area contributed by atoms with E-state index >= 15 is 0 Å². The second-order valence-corrected chi connectivity index (χ2v) is 12.3. The summed E-state index contributed by atoms with van der Waals surface area (Å²) in [5.74, 6) is -0.670. The van der Waals surface area contributed by atoms with Crippen LogP contribution in [0.25, 0.3) is 0 Å². The molecule has 0 radical (unpaired) electrons. The third-order valence-corrected chi connectivity index (χ3v) is 8.93. The van der Waals surface area contributed by atoms with Gasteiger partial charge in [0.15, 0.2) is 0 Å². The van der Waals surface area contributed by atoms with Crippen molar-refractivity contribution in [3.05, 3.63) is 53.8 Å². The topological polar surface area (TPSA) is 116 Å². The first kappa shape index (κ1) is 28.0. The Balaban J connectivity index is 1.64. The predicted octanol–water partition coefficient (Wildman–Crippen LogP) is 2.64. The highest BCUT2D eigenvalue weighted by atomic mass is 32.2. The second kappa shape index (κ2) is 11.4. The van der Waals surface area contributed by atoms with Gasteiger partial charge in [0.2, 0.25) is 21.8 Å². The van der Waals surface area contributed by atoms with Gasteiger partial charge in [-0.2, -0.15) is 4.31 Å². The highest BCUT2D eigenvalue weighted by molar-refractivity contribution is 7.89. The molecule has 206 valence electrons. The fraction of sp³-hybridized carbons (Fsp3) is 0.481. The van der Waals surface area contributed by atoms with Crippen LogP contribution in [0.4, 0.5) is 10.1 Å². The van der Waals surface area contributed by atoms with Crippen LogP contribution < -0.4 is 10.1 Å². The molecule has 2 aromatic carbocycles. The van der Waals surface area contributed by atoms with Crippen molar-refractivity contribution < 1.29 is 32.2 Å². The first-order valence-corrected chi connectivity index (χ1v) is 14.2. The minimum absolute atomic E-state index is 0.00400. The average molecular weight is 548 g/mol. The maximum atomic E-state index is 13.4. The van der Waals surface area contributed by atoms with E-state index in [0.717, 1.165) is 29.3 Å². The number of fused-ring (bicyclic) bond motifs is 1. The van der Waals surface area contributed by atoms with Gasteiger partial charge in [-0.1, -0.05) is 6.92 Å². The Morgan fingerprint density at radius 2 is 1.92 bits per heavy atom. The lowest BCUT2D eigenvalue weighted by atomic mass is 10.0. The van der Waals surface area contributed by atoms with E-state index in [1.807, 2.05) is 6.92 Å². The largest absolute Gasteiger partial charge is 0.488 e. The summed E-state index contributed by atoms with van der Waals surface area (Å²) in [7, 11) is -2.51. The number of rotatable bonds is 8. The van der Waals surface area contributed by atoms with Gasteiger partial charge in [-0.15, -0.1) is 0 Å². The van der Waals surface area contributed by atoms with Crippen molar-refractivity contribution in [2.45, 2.75) is 50.2 Å². The van der Waals surface area contributed by atoms with E-state index in [9.17, 15) is 27.5 Å². The monoisotopic (exact) mass is 547 g/mol. The average Bonchev–Trinajstić information content (AvgIpc) is 3.72. The lowest BCUT2D eigenvalue weighted by molar-refractivity contribution is -0.134. The van der Waals surface area contributed by atoms with E-state index < -0.39 is 28.0 Å². The number of sulfonamides is 1. The second-order valence-electron chi connectivity index (χ2n) is 10.2.